The first kappa shape index (κ1) is 21.1. The molecule has 1 atom stereocenters. The van der Waals surface area contributed by atoms with E-state index in [9.17, 15) is 9.59 Å². The number of rotatable bonds is 7. The molecule has 0 bridgehead atoms. The van der Waals surface area contributed by atoms with Gasteiger partial charge >= 0.3 is 0 Å². The number of nitrogens with one attached hydrogen (secondary N) is 4. The number of anilines is 2. The Balaban J connectivity index is 1.55. The van der Waals surface area contributed by atoms with Gasteiger partial charge in [0.1, 0.15) is 6.04 Å². The van der Waals surface area contributed by atoms with Crippen LogP contribution in [-0.4, -0.2) is 17.9 Å². The molecule has 0 aliphatic carbocycles. The molecule has 1 aliphatic rings. The molecule has 1 aliphatic heterocycles. The highest BCUT2D eigenvalue weighted by Crippen LogP contribution is 2.27. The number of carbonyl (C=O) groups is 2. The van der Waals surface area contributed by atoms with Crippen molar-refractivity contribution in [1.29, 1.82) is 0 Å². The highest BCUT2D eigenvalue weighted by atomic mass is 16.2. The van der Waals surface area contributed by atoms with Gasteiger partial charge in [0.25, 0.3) is 5.91 Å². The average Bonchev–Trinajstić information content (AvgIpc) is 3.36. The van der Waals surface area contributed by atoms with Crippen molar-refractivity contribution in [1.82, 2.24) is 16.3 Å². The van der Waals surface area contributed by atoms with E-state index in [-0.39, 0.29) is 11.8 Å². The van der Waals surface area contributed by atoms with Gasteiger partial charge in [0, 0.05) is 30.1 Å². The predicted octanol–water partition coefficient (Wildman–Crippen LogP) is 3.28. The lowest BCUT2D eigenvalue weighted by Gasteiger charge is -2.22. The Morgan fingerprint density at radius 3 is 2.34 bits per heavy atom. The average molecular weight is 428 g/mol. The molecule has 0 fully saturated rings. The molecule has 7 nitrogen and oxygen atoms in total. The first-order valence-corrected chi connectivity index (χ1v) is 10.4. The van der Waals surface area contributed by atoms with Gasteiger partial charge in [0.2, 0.25) is 5.91 Å². The van der Waals surface area contributed by atoms with Crippen molar-refractivity contribution in [2.45, 2.75) is 19.4 Å². The van der Waals surface area contributed by atoms with Crippen LogP contribution < -0.4 is 26.6 Å². The summed E-state index contributed by atoms with van der Waals surface area (Å²) in [6, 6.07) is 23.5. The third-order valence-corrected chi connectivity index (χ3v) is 5.25. The van der Waals surface area contributed by atoms with Crippen molar-refractivity contribution in [2.75, 3.05) is 10.3 Å². The molecule has 0 saturated carbocycles. The molecule has 3 aromatic rings. The zero-order chi connectivity index (χ0) is 22.3. The number of nitrogens with zero attached hydrogens (tertiary/aromatic N) is 1. The number of hydrogen-bond acceptors (Lipinski definition) is 5. The summed E-state index contributed by atoms with van der Waals surface area (Å²) in [5.74, 6) is -0.564. The highest BCUT2D eigenvalue weighted by Gasteiger charge is 2.23. The van der Waals surface area contributed by atoms with Crippen LogP contribution in [0.5, 0.6) is 0 Å². The molecule has 4 N–H and O–H groups in total. The number of carbonyl (C=O) groups excluding carboxylic acids is 2. The van der Waals surface area contributed by atoms with Crippen molar-refractivity contribution in [2.24, 2.45) is 0 Å². The van der Waals surface area contributed by atoms with Gasteiger partial charge < -0.3 is 16.1 Å². The summed E-state index contributed by atoms with van der Waals surface area (Å²) in [6.07, 6.45) is 4.01. The second-order valence-electron chi connectivity index (χ2n) is 7.46. The van der Waals surface area contributed by atoms with Crippen molar-refractivity contribution in [3.8, 4) is 0 Å². The van der Waals surface area contributed by atoms with E-state index in [2.05, 4.69) is 21.6 Å². The van der Waals surface area contributed by atoms with Gasteiger partial charge in [-0.3, -0.25) is 14.6 Å². The largest absolute Gasteiger partial charge is 0.340 e. The van der Waals surface area contributed by atoms with Gasteiger partial charge in [-0.25, -0.2) is 0 Å². The lowest BCUT2D eigenvalue weighted by Crippen LogP contribution is -2.45. The second-order valence-corrected chi connectivity index (χ2v) is 7.46. The molecule has 3 aromatic carbocycles. The molecule has 0 radical (unpaired) electrons. The molecule has 32 heavy (non-hydrogen) atoms. The van der Waals surface area contributed by atoms with Gasteiger partial charge in [-0.15, -0.1) is 5.53 Å². The highest BCUT2D eigenvalue weighted by molar-refractivity contribution is 6.01. The summed E-state index contributed by atoms with van der Waals surface area (Å²) in [5.41, 5.74) is 9.85. The summed E-state index contributed by atoms with van der Waals surface area (Å²) >= 11 is 0. The maximum absolute atomic E-state index is 13.3. The van der Waals surface area contributed by atoms with E-state index in [1.165, 1.54) is 0 Å². The fourth-order valence-corrected chi connectivity index (χ4v) is 3.53. The maximum Gasteiger partial charge on any atom is 0.251 e. The van der Waals surface area contributed by atoms with E-state index < -0.39 is 6.04 Å². The summed E-state index contributed by atoms with van der Waals surface area (Å²) in [6.45, 7) is 1.94. The van der Waals surface area contributed by atoms with Crippen LogP contribution in [0.3, 0.4) is 0 Å². The van der Waals surface area contributed by atoms with E-state index in [1.54, 1.807) is 30.5 Å². The number of benzene rings is 3. The molecule has 7 heteroatoms. The van der Waals surface area contributed by atoms with Gasteiger partial charge in [-0.2, -0.15) is 0 Å². The number of hydrazine groups is 2. The van der Waals surface area contributed by atoms with E-state index in [0.29, 0.717) is 17.7 Å². The van der Waals surface area contributed by atoms with E-state index in [1.807, 2.05) is 72.7 Å². The minimum absolute atomic E-state index is 0.276. The van der Waals surface area contributed by atoms with Gasteiger partial charge in [-0.1, -0.05) is 54.6 Å². The molecule has 0 aromatic heterocycles. The molecule has 162 valence electrons. The third-order valence-electron chi connectivity index (χ3n) is 5.25. The Morgan fingerprint density at radius 1 is 0.938 bits per heavy atom. The molecule has 0 saturated heterocycles. The van der Waals surface area contributed by atoms with E-state index in [4.69, 9.17) is 0 Å². The van der Waals surface area contributed by atoms with Crippen LogP contribution in [0, 0.1) is 6.92 Å². The molecule has 1 heterocycles. The summed E-state index contributed by atoms with van der Waals surface area (Å²) in [4.78, 5) is 26.1. The van der Waals surface area contributed by atoms with Crippen molar-refractivity contribution in [3.63, 3.8) is 0 Å². The Bertz CT molecular complexity index is 1120. The fourth-order valence-electron chi connectivity index (χ4n) is 3.53. The van der Waals surface area contributed by atoms with Crippen LogP contribution in [0.4, 0.5) is 11.4 Å². The normalized spacial score (nSPS) is 13.3. The van der Waals surface area contributed by atoms with Crippen LogP contribution >= 0.6 is 0 Å². The second kappa shape index (κ2) is 9.80. The van der Waals surface area contributed by atoms with Crippen LogP contribution in [0.15, 0.2) is 91.3 Å². The molecule has 0 spiro atoms. The lowest BCUT2D eigenvalue weighted by molar-refractivity contribution is -0.118. The molecular formula is C25H25N5O2. The molecule has 1 unspecified atom stereocenters. The molecule has 2 amide bonds. The van der Waals surface area contributed by atoms with Crippen molar-refractivity contribution in [3.05, 3.63) is 108 Å². The van der Waals surface area contributed by atoms with Gasteiger partial charge in [-0.05, 0) is 42.3 Å². The quantitative estimate of drug-likeness (QED) is 0.465. The predicted molar refractivity (Wildman–Crippen MR) is 126 cm³/mol. The first-order chi connectivity index (χ1) is 15.6. The first-order valence-electron chi connectivity index (χ1n) is 10.4. The van der Waals surface area contributed by atoms with Crippen LogP contribution in [0.25, 0.3) is 0 Å². The van der Waals surface area contributed by atoms with Crippen molar-refractivity contribution >= 4 is 23.2 Å². The Hall–Kier alpha value is -4.10. The van der Waals surface area contributed by atoms with E-state index in [0.717, 1.165) is 16.8 Å². The Kier molecular flexibility index (Phi) is 6.48. The lowest BCUT2D eigenvalue weighted by atomic mass is 10.0. The van der Waals surface area contributed by atoms with Crippen LogP contribution in [0.2, 0.25) is 0 Å². The smallest absolute Gasteiger partial charge is 0.251 e. The SMILES string of the molecule is Cc1c(NC(=O)C(Cc2ccccc2)NC(=O)c2ccccc2)cccc1N1C=CNN1. The van der Waals surface area contributed by atoms with Crippen molar-refractivity contribution < 1.29 is 9.59 Å². The van der Waals surface area contributed by atoms with E-state index >= 15 is 0 Å². The van der Waals surface area contributed by atoms with Gasteiger partial charge in [0.05, 0.1) is 5.69 Å². The van der Waals surface area contributed by atoms with Gasteiger partial charge in [0.15, 0.2) is 0 Å². The number of amides is 2. The Labute approximate surface area is 187 Å². The standard InChI is InChI=1S/C25H25N5O2/c1-18-21(13-8-14-23(18)30-16-15-26-29-30)27-25(32)22(17-19-9-4-2-5-10-19)28-24(31)20-11-6-3-7-12-20/h2-16,22,26,29H,17H2,1H3,(H,27,32)(H,28,31). The topological polar surface area (TPSA) is 85.5 Å². The third kappa shape index (κ3) is 4.96. The number of hydrogen-bond donors (Lipinski definition) is 4. The molecule has 4 rings (SSSR count). The van der Waals surface area contributed by atoms with Crippen LogP contribution in [0.1, 0.15) is 21.5 Å². The monoisotopic (exact) mass is 427 g/mol. The Morgan fingerprint density at radius 2 is 1.66 bits per heavy atom. The summed E-state index contributed by atoms with van der Waals surface area (Å²) < 4.78 is 0. The molecular weight excluding hydrogens is 402 g/mol. The minimum atomic E-state index is -0.736. The zero-order valence-corrected chi connectivity index (χ0v) is 17.7. The zero-order valence-electron chi connectivity index (χ0n) is 17.7. The van der Waals surface area contributed by atoms with Crippen LogP contribution in [-0.2, 0) is 11.2 Å². The fraction of sp³-hybridized carbons (Fsp3) is 0.120. The minimum Gasteiger partial charge on any atom is -0.340 e. The summed E-state index contributed by atoms with van der Waals surface area (Å²) in [7, 11) is 0. The summed E-state index contributed by atoms with van der Waals surface area (Å²) in [5, 5.41) is 7.72. The maximum atomic E-state index is 13.3.